The molecule has 5 N–H and O–H groups in total. The number of anilines is 2. The molecule has 9 nitrogen and oxygen atoms in total. The van der Waals surface area contributed by atoms with E-state index in [2.05, 4.69) is 63.5 Å². The number of aliphatic hydroxyl groups excluding tert-OH is 1. The molecule has 0 aliphatic carbocycles. The van der Waals surface area contributed by atoms with Gasteiger partial charge in [-0.2, -0.15) is 10.2 Å². The number of rotatable bonds is 12. The fraction of sp³-hybridized carbons (Fsp3) is 0.0968. The van der Waals surface area contributed by atoms with Gasteiger partial charge >= 0.3 is 0 Å². The minimum Gasteiger partial charge on any atom is -0.490 e. The monoisotopic (exact) mass is 754 g/mol. The van der Waals surface area contributed by atoms with Crippen molar-refractivity contribution < 1.29 is 14.6 Å². The van der Waals surface area contributed by atoms with Gasteiger partial charge in [0.05, 0.1) is 12.4 Å². The van der Waals surface area contributed by atoms with Crippen molar-refractivity contribution in [1.82, 2.24) is 10.9 Å². The fourth-order valence-electron chi connectivity index (χ4n) is 3.56. The van der Waals surface area contributed by atoms with Crippen LogP contribution in [0.15, 0.2) is 116 Å². The summed E-state index contributed by atoms with van der Waals surface area (Å²) >= 11 is 17.4. The number of halogens is 2. The number of para-hydroxylation sites is 2. The molecule has 0 fully saturated rings. The van der Waals surface area contributed by atoms with Crippen LogP contribution in [0.4, 0.5) is 11.4 Å². The van der Waals surface area contributed by atoms with E-state index in [1.807, 2.05) is 84.9 Å². The van der Waals surface area contributed by atoms with Gasteiger partial charge in [0.15, 0.2) is 10.2 Å². The highest BCUT2D eigenvalue weighted by atomic mass is 79.9. The number of nitrogens with one attached hydrogen (secondary N) is 4. The number of hydrazone groups is 2. The maximum absolute atomic E-state index is 10.6. The molecule has 226 valence electrons. The lowest BCUT2D eigenvalue weighted by molar-refractivity contribution is 0.0625. The topological polar surface area (TPSA) is 112 Å². The van der Waals surface area contributed by atoms with Crippen molar-refractivity contribution in [1.29, 1.82) is 0 Å². The van der Waals surface area contributed by atoms with Gasteiger partial charge in [0.2, 0.25) is 0 Å². The second-order valence-electron chi connectivity index (χ2n) is 9.01. The van der Waals surface area contributed by atoms with E-state index in [4.69, 9.17) is 33.9 Å². The van der Waals surface area contributed by atoms with Crippen LogP contribution in [0.3, 0.4) is 0 Å². The normalized spacial score (nSPS) is 11.6. The van der Waals surface area contributed by atoms with E-state index in [9.17, 15) is 5.11 Å². The van der Waals surface area contributed by atoms with Gasteiger partial charge in [-0.15, -0.1) is 0 Å². The first-order valence-electron chi connectivity index (χ1n) is 13.2. The molecule has 4 aromatic carbocycles. The number of hydrogen-bond donors (Lipinski definition) is 5. The molecular weight excluding hydrogens is 728 g/mol. The van der Waals surface area contributed by atoms with Crippen molar-refractivity contribution in [3.63, 3.8) is 0 Å². The van der Waals surface area contributed by atoms with Crippen LogP contribution in [0.25, 0.3) is 0 Å². The highest BCUT2D eigenvalue weighted by Gasteiger charge is 2.10. The first-order chi connectivity index (χ1) is 21.4. The smallest absolute Gasteiger partial charge is 0.191 e. The average molecular weight is 757 g/mol. The van der Waals surface area contributed by atoms with Crippen molar-refractivity contribution in [3.05, 3.63) is 117 Å². The standard InChI is InChI=1S/C31H28Br2N6O3S2/c32-23-9-13-25(14-10-23)36-30(43)38-34-17-21-5-1-3-7-28(21)41-19-27(40)20-42-29-8-4-2-6-22(29)18-35-39-31(44)37-26-15-11-24(33)12-16-26/h1-18,27,40H,19-20H2,(H2,36,38,43)(H2,37,39,44). The summed E-state index contributed by atoms with van der Waals surface area (Å²) in [6, 6.07) is 29.9. The molecule has 0 aliphatic heterocycles. The molecule has 13 heteroatoms. The molecule has 0 saturated carbocycles. The summed E-state index contributed by atoms with van der Waals surface area (Å²) in [5.74, 6) is 1.10. The molecule has 4 rings (SSSR count). The van der Waals surface area contributed by atoms with Crippen molar-refractivity contribution in [2.45, 2.75) is 6.10 Å². The van der Waals surface area contributed by atoms with E-state index in [1.165, 1.54) is 0 Å². The average Bonchev–Trinajstić information content (AvgIpc) is 3.02. The molecule has 0 heterocycles. The number of aliphatic hydroxyl groups is 1. The van der Waals surface area contributed by atoms with Crippen LogP contribution in [-0.2, 0) is 0 Å². The molecule has 0 saturated heterocycles. The third kappa shape index (κ3) is 11.3. The van der Waals surface area contributed by atoms with Gasteiger partial charge in [0, 0.05) is 31.4 Å². The third-order valence-corrected chi connectivity index (χ3v) is 7.09. The number of thiocarbonyl (C=S) groups is 2. The molecule has 0 aliphatic rings. The predicted molar refractivity (Wildman–Crippen MR) is 192 cm³/mol. The highest BCUT2D eigenvalue weighted by Crippen LogP contribution is 2.19. The van der Waals surface area contributed by atoms with Gasteiger partial charge in [-0.05, 0) is 97.2 Å². The zero-order chi connectivity index (χ0) is 31.1. The Bertz CT molecular complexity index is 1490. The second kappa shape index (κ2) is 17.4. The van der Waals surface area contributed by atoms with Crippen LogP contribution >= 0.6 is 56.3 Å². The molecule has 0 atom stereocenters. The van der Waals surface area contributed by atoms with Gasteiger partial charge in [-0.25, -0.2) is 0 Å². The van der Waals surface area contributed by atoms with E-state index < -0.39 is 6.10 Å². The van der Waals surface area contributed by atoms with Gasteiger partial charge in [0.25, 0.3) is 0 Å². The van der Waals surface area contributed by atoms with Crippen LogP contribution in [0.5, 0.6) is 11.5 Å². The lowest BCUT2D eigenvalue weighted by Gasteiger charge is -2.15. The first kappa shape index (κ1) is 33.0. The van der Waals surface area contributed by atoms with Crippen molar-refractivity contribution in [2.24, 2.45) is 10.2 Å². The number of nitrogens with zero attached hydrogens (tertiary/aromatic N) is 2. The summed E-state index contributed by atoms with van der Waals surface area (Å²) in [4.78, 5) is 0. The lowest BCUT2D eigenvalue weighted by Crippen LogP contribution is -2.26. The van der Waals surface area contributed by atoms with Crippen molar-refractivity contribution in [3.8, 4) is 11.5 Å². The van der Waals surface area contributed by atoms with Gasteiger partial charge < -0.3 is 25.2 Å². The van der Waals surface area contributed by atoms with Crippen LogP contribution in [0, 0.1) is 0 Å². The molecule has 0 radical (unpaired) electrons. The third-order valence-electron chi connectivity index (χ3n) is 5.64. The van der Waals surface area contributed by atoms with Gasteiger partial charge in [0.1, 0.15) is 30.8 Å². The van der Waals surface area contributed by atoms with Crippen molar-refractivity contribution in [2.75, 3.05) is 23.8 Å². The quantitative estimate of drug-likeness (QED) is 0.0615. The molecule has 0 bridgehead atoms. The van der Waals surface area contributed by atoms with E-state index in [0.29, 0.717) is 32.9 Å². The van der Waals surface area contributed by atoms with Crippen LogP contribution in [0.1, 0.15) is 11.1 Å². The Balaban J connectivity index is 1.23. The van der Waals surface area contributed by atoms with E-state index >= 15 is 0 Å². The molecule has 4 aromatic rings. The Morgan fingerprint density at radius 1 is 0.659 bits per heavy atom. The van der Waals surface area contributed by atoms with Crippen molar-refractivity contribution >= 4 is 90.3 Å². The SMILES string of the molecule is OC(COc1ccccc1C=NNC(=S)Nc1ccc(Br)cc1)COc1ccccc1C=NNC(=S)Nc1ccc(Br)cc1. The van der Waals surface area contributed by atoms with Gasteiger partial charge in [-0.1, -0.05) is 56.1 Å². The first-order valence-corrected chi connectivity index (χ1v) is 15.6. The lowest BCUT2D eigenvalue weighted by atomic mass is 10.2. The molecule has 44 heavy (non-hydrogen) atoms. The van der Waals surface area contributed by atoms with Crippen LogP contribution in [-0.4, -0.2) is 47.1 Å². The van der Waals surface area contributed by atoms with Crippen LogP contribution in [0.2, 0.25) is 0 Å². The summed E-state index contributed by atoms with van der Waals surface area (Å²) in [7, 11) is 0. The second-order valence-corrected chi connectivity index (χ2v) is 11.7. The predicted octanol–water partition coefficient (Wildman–Crippen LogP) is 6.67. The summed E-state index contributed by atoms with van der Waals surface area (Å²) in [5, 5.41) is 25.8. The Morgan fingerprint density at radius 3 is 1.45 bits per heavy atom. The zero-order valence-electron chi connectivity index (χ0n) is 23.1. The van der Waals surface area contributed by atoms with E-state index in [1.54, 1.807) is 24.6 Å². The summed E-state index contributed by atoms with van der Waals surface area (Å²) in [6.45, 7) is 0.0191. The fourth-order valence-corrected chi connectivity index (χ4v) is 4.43. The zero-order valence-corrected chi connectivity index (χ0v) is 27.9. The largest absolute Gasteiger partial charge is 0.490 e. The number of hydrogen-bond acceptors (Lipinski definition) is 7. The van der Waals surface area contributed by atoms with Gasteiger partial charge in [-0.3, -0.25) is 10.9 Å². The van der Waals surface area contributed by atoms with E-state index in [-0.39, 0.29) is 13.2 Å². The maximum Gasteiger partial charge on any atom is 0.191 e. The Hall–Kier alpha value is -3.88. The Morgan fingerprint density at radius 2 is 1.05 bits per heavy atom. The van der Waals surface area contributed by atoms with Crippen LogP contribution < -0.4 is 31.0 Å². The molecular formula is C31H28Br2N6O3S2. The summed E-state index contributed by atoms with van der Waals surface area (Å²) in [5.41, 5.74) is 8.67. The molecule has 0 amide bonds. The minimum atomic E-state index is -0.897. The molecule has 0 aromatic heterocycles. The molecule has 0 spiro atoms. The molecule has 0 unspecified atom stereocenters. The summed E-state index contributed by atoms with van der Waals surface area (Å²) < 4.78 is 13.7. The number of ether oxygens (including phenoxy) is 2. The highest BCUT2D eigenvalue weighted by molar-refractivity contribution is 9.10. The minimum absolute atomic E-state index is 0.00955. The maximum atomic E-state index is 10.6. The Labute approximate surface area is 283 Å². The van der Waals surface area contributed by atoms with E-state index in [0.717, 1.165) is 20.3 Å². The Kier molecular flexibility index (Phi) is 13.1. The summed E-state index contributed by atoms with van der Waals surface area (Å²) in [6.07, 6.45) is 2.29. The number of benzene rings is 4.